The van der Waals surface area contributed by atoms with Gasteiger partial charge in [-0.05, 0) is 54.6 Å². The average Bonchev–Trinajstić information content (AvgIpc) is 3.18. The first kappa shape index (κ1) is 19.7. The van der Waals surface area contributed by atoms with Gasteiger partial charge < -0.3 is 9.47 Å². The van der Waals surface area contributed by atoms with E-state index in [1.54, 1.807) is 79.9 Å². The summed E-state index contributed by atoms with van der Waals surface area (Å²) in [7, 11) is -0.883. The van der Waals surface area contributed by atoms with Crippen LogP contribution in [0.3, 0.4) is 0 Å². The van der Waals surface area contributed by atoms with Crippen molar-refractivity contribution in [2.24, 2.45) is 0 Å². The molecule has 4 aromatic rings. The fraction of sp³-hybridized carbons (Fsp3) is 0.0870. The SMILES string of the molecule is COc1ccc(C=O)c(-c2cc3cc(OC)ccc3n2S(=O)(=O)c2ccccc2)c1. The highest BCUT2D eigenvalue weighted by atomic mass is 32.2. The summed E-state index contributed by atoms with van der Waals surface area (Å²) >= 11 is 0. The molecule has 0 aliphatic carbocycles. The summed E-state index contributed by atoms with van der Waals surface area (Å²) in [5.41, 5.74) is 1.66. The number of aldehydes is 1. The Hall–Kier alpha value is -3.58. The van der Waals surface area contributed by atoms with E-state index in [0.29, 0.717) is 45.5 Å². The van der Waals surface area contributed by atoms with Crippen LogP contribution >= 0.6 is 0 Å². The maximum atomic E-state index is 13.6. The zero-order valence-corrected chi connectivity index (χ0v) is 17.2. The molecule has 0 fully saturated rings. The van der Waals surface area contributed by atoms with Crippen LogP contribution in [0.15, 0.2) is 77.7 Å². The summed E-state index contributed by atoms with van der Waals surface area (Å²) in [6.07, 6.45) is 0.701. The van der Waals surface area contributed by atoms with Gasteiger partial charge in [0.2, 0.25) is 0 Å². The van der Waals surface area contributed by atoms with Crippen LogP contribution in [0.25, 0.3) is 22.2 Å². The number of methoxy groups -OCH3 is 2. The third kappa shape index (κ3) is 3.23. The molecule has 3 aromatic carbocycles. The van der Waals surface area contributed by atoms with E-state index in [1.807, 2.05) is 0 Å². The van der Waals surface area contributed by atoms with E-state index >= 15 is 0 Å². The van der Waals surface area contributed by atoms with Crippen molar-refractivity contribution < 1.29 is 22.7 Å². The van der Waals surface area contributed by atoms with Crippen LogP contribution in [0.2, 0.25) is 0 Å². The van der Waals surface area contributed by atoms with E-state index in [4.69, 9.17) is 9.47 Å². The maximum Gasteiger partial charge on any atom is 0.268 e. The molecule has 0 aliphatic rings. The third-order valence-corrected chi connectivity index (χ3v) is 6.65. The van der Waals surface area contributed by atoms with Crippen LogP contribution in [0, 0.1) is 0 Å². The molecular weight excluding hydrogens is 402 g/mol. The summed E-state index contributed by atoms with van der Waals surface area (Å²) < 4.78 is 39.1. The molecule has 0 atom stereocenters. The Morgan fingerprint density at radius 1 is 0.833 bits per heavy atom. The first-order valence-corrected chi connectivity index (χ1v) is 10.6. The largest absolute Gasteiger partial charge is 0.497 e. The molecule has 1 aromatic heterocycles. The predicted molar refractivity (Wildman–Crippen MR) is 115 cm³/mol. The van der Waals surface area contributed by atoms with E-state index in [0.717, 1.165) is 0 Å². The topological polar surface area (TPSA) is 74.6 Å². The molecule has 0 bridgehead atoms. The van der Waals surface area contributed by atoms with Crippen molar-refractivity contribution in [3.63, 3.8) is 0 Å². The van der Waals surface area contributed by atoms with Crippen molar-refractivity contribution in [3.05, 3.63) is 78.4 Å². The number of benzene rings is 3. The second-order valence-corrected chi connectivity index (χ2v) is 8.39. The van der Waals surface area contributed by atoms with Gasteiger partial charge >= 0.3 is 0 Å². The molecule has 0 radical (unpaired) electrons. The molecule has 0 saturated carbocycles. The quantitative estimate of drug-likeness (QED) is 0.432. The summed E-state index contributed by atoms with van der Waals surface area (Å²) in [6.45, 7) is 0. The fourth-order valence-corrected chi connectivity index (χ4v) is 4.97. The summed E-state index contributed by atoms with van der Waals surface area (Å²) in [4.78, 5) is 11.9. The number of hydrogen-bond donors (Lipinski definition) is 0. The van der Waals surface area contributed by atoms with E-state index in [-0.39, 0.29) is 4.90 Å². The summed E-state index contributed by atoms with van der Waals surface area (Å²) in [6, 6.07) is 20.0. The minimum Gasteiger partial charge on any atom is -0.497 e. The maximum absolute atomic E-state index is 13.6. The number of rotatable bonds is 6. The Labute approximate surface area is 174 Å². The van der Waals surface area contributed by atoms with Crippen LogP contribution in [-0.2, 0) is 10.0 Å². The number of ether oxygens (including phenoxy) is 2. The van der Waals surface area contributed by atoms with E-state index in [2.05, 4.69) is 0 Å². The number of aromatic nitrogens is 1. The van der Waals surface area contributed by atoms with E-state index < -0.39 is 10.0 Å². The highest BCUT2D eigenvalue weighted by Gasteiger charge is 2.25. The van der Waals surface area contributed by atoms with Crippen molar-refractivity contribution in [2.45, 2.75) is 4.90 Å². The van der Waals surface area contributed by atoms with Crippen LogP contribution in [-0.4, -0.2) is 32.9 Å². The number of nitrogens with zero attached hydrogens (tertiary/aromatic N) is 1. The molecular formula is C23H19NO5S. The van der Waals surface area contributed by atoms with Crippen molar-refractivity contribution >= 4 is 27.2 Å². The van der Waals surface area contributed by atoms with E-state index in [9.17, 15) is 13.2 Å². The van der Waals surface area contributed by atoms with Gasteiger partial charge in [0.25, 0.3) is 10.0 Å². The van der Waals surface area contributed by atoms with Crippen molar-refractivity contribution in [2.75, 3.05) is 14.2 Å². The molecule has 0 N–H and O–H groups in total. The van der Waals surface area contributed by atoms with Gasteiger partial charge in [0.1, 0.15) is 11.5 Å². The molecule has 0 aliphatic heterocycles. The fourth-order valence-electron chi connectivity index (χ4n) is 3.43. The number of fused-ring (bicyclic) bond motifs is 1. The monoisotopic (exact) mass is 421 g/mol. The van der Waals surface area contributed by atoms with Crippen molar-refractivity contribution in [1.82, 2.24) is 3.97 Å². The molecule has 7 heteroatoms. The smallest absolute Gasteiger partial charge is 0.268 e. The lowest BCUT2D eigenvalue weighted by Gasteiger charge is -2.14. The normalized spacial score (nSPS) is 11.4. The van der Waals surface area contributed by atoms with Gasteiger partial charge in [-0.25, -0.2) is 12.4 Å². The van der Waals surface area contributed by atoms with Crippen molar-refractivity contribution in [3.8, 4) is 22.8 Å². The second-order valence-electron chi connectivity index (χ2n) is 6.61. The number of carbonyl (C=O) groups is 1. The Balaban J connectivity index is 2.11. The lowest BCUT2D eigenvalue weighted by molar-refractivity contribution is 0.112. The zero-order valence-electron chi connectivity index (χ0n) is 16.4. The molecule has 1 heterocycles. The Kier molecular flexibility index (Phi) is 5.05. The highest BCUT2D eigenvalue weighted by molar-refractivity contribution is 7.90. The Morgan fingerprint density at radius 3 is 2.17 bits per heavy atom. The minimum absolute atomic E-state index is 0.148. The standard InChI is InChI=1S/C23H19NO5S/c1-28-18-10-11-22-17(12-18)13-23(21-14-19(29-2)9-8-16(21)15-25)24(22)30(26,27)20-6-4-3-5-7-20/h3-15H,1-2H3. The van der Waals surface area contributed by atoms with Crippen LogP contribution in [0.5, 0.6) is 11.5 Å². The molecule has 30 heavy (non-hydrogen) atoms. The van der Waals surface area contributed by atoms with Gasteiger partial charge in [0.15, 0.2) is 6.29 Å². The predicted octanol–water partition coefficient (Wildman–Crippen LogP) is 4.38. The average molecular weight is 421 g/mol. The molecule has 0 unspecified atom stereocenters. The van der Waals surface area contributed by atoms with Gasteiger partial charge in [0.05, 0.1) is 30.3 Å². The summed E-state index contributed by atoms with van der Waals surface area (Å²) in [5, 5.41) is 0.670. The number of hydrogen-bond acceptors (Lipinski definition) is 5. The van der Waals surface area contributed by atoms with Crippen molar-refractivity contribution in [1.29, 1.82) is 0 Å². The number of carbonyl (C=O) groups excluding carboxylic acids is 1. The van der Waals surface area contributed by atoms with Gasteiger partial charge in [-0.15, -0.1) is 0 Å². The van der Waals surface area contributed by atoms with Crippen LogP contribution < -0.4 is 9.47 Å². The molecule has 0 saturated heterocycles. The molecule has 0 spiro atoms. The van der Waals surface area contributed by atoms with Gasteiger partial charge in [-0.2, -0.15) is 0 Å². The van der Waals surface area contributed by atoms with E-state index in [1.165, 1.54) is 11.1 Å². The Bertz CT molecular complexity index is 1340. The first-order chi connectivity index (χ1) is 14.5. The Morgan fingerprint density at radius 2 is 1.50 bits per heavy atom. The van der Waals surface area contributed by atoms with Crippen LogP contribution in [0.4, 0.5) is 0 Å². The summed E-state index contributed by atoms with van der Waals surface area (Å²) in [5.74, 6) is 1.12. The lowest BCUT2D eigenvalue weighted by Crippen LogP contribution is -2.14. The molecule has 4 rings (SSSR count). The zero-order chi connectivity index (χ0) is 21.3. The van der Waals surface area contributed by atoms with Gasteiger partial charge in [-0.3, -0.25) is 4.79 Å². The molecule has 6 nitrogen and oxygen atoms in total. The third-order valence-electron chi connectivity index (χ3n) is 4.91. The molecule has 0 amide bonds. The first-order valence-electron chi connectivity index (χ1n) is 9.13. The van der Waals surface area contributed by atoms with Crippen LogP contribution in [0.1, 0.15) is 10.4 Å². The second kappa shape index (κ2) is 7.68. The van der Waals surface area contributed by atoms with Gasteiger partial charge in [0, 0.05) is 16.5 Å². The minimum atomic E-state index is -3.95. The lowest BCUT2D eigenvalue weighted by atomic mass is 10.0. The molecule has 152 valence electrons. The highest BCUT2D eigenvalue weighted by Crippen LogP contribution is 2.36. The van der Waals surface area contributed by atoms with Gasteiger partial charge in [-0.1, -0.05) is 18.2 Å².